The lowest BCUT2D eigenvalue weighted by Crippen LogP contribution is -2.52. The molecule has 4 aromatic rings. The maximum absolute atomic E-state index is 16.1. The van der Waals surface area contributed by atoms with E-state index in [1.54, 1.807) is 23.1 Å². The molecule has 0 aromatic heterocycles. The summed E-state index contributed by atoms with van der Waals surface area (Å²) >= 11 is 0. The molecule has 2 N–H and O–H groups in total. The first-order chi connectivity index (χ1) is 27.6. The van der Waals surface area contributed by atoms with Crippen molar-refractivity contribution < 1.29 is 33.0 Å². The Bertz CT molecular complexity index is 2210. The van der Waals surface area contributed by atoms with Crippen LogP contribution in [0.5, 0.6) is 11.5 Å². The topological polar surface area (TPSA) is 106 Å². The molecule has 5 aliphatic heterocycles. The first-order valence-electron chi connectivity index (χ1n) is 20.1. The summed E-state index contributed by atoms with van der Waals surface area (Å²) in [5, 5.41) is 12.5. The molecule has 0 bridgehead atoms. The van der Waals surface area contributed by atoms with Gasteiger partial charge in [0, 0.05) is 93.5 Å². The van der Waals surface area contributed by atoms with Gasteiger partial charge in [0.1, 0.15) is 34.9 Å². The number of carbonyl (C=O) groups is 3. The zero-order valence-corrected chi connectivity index (χ0v) is 32.1. The predicted octanol–water partition coefficient (Wildman–Crippen LogP) is 6.09. The number of aromatic hydroxyl groups is 1. The van der Waals surface area contributed by atoms with E-state index >= 15 is 8.78 Å². The number of piperidine rings is 2. The highest BCUT2D eigenvalue weighted by molar-refractivity contribution is 6.05. The highest BCUT2D eigenvalue weighted by Gasteiger charge is 2.40. The van der Waals surface area contributed by atoms with Crippen LogP contribution in [0.1, 0.15) is 75.7 Å². The first kappa shape index (κ1) is 37.1. The lowest BCUT2D eigenvalue weighted by molar-refractivity contribution is -0.136. The number of fused-ring (bicyclic) bond motifs is 2. The van der Waals surface area contributed by atoms with Gasteiger partial charge in [-0.3, -0.25) is 24.6 Å². The van der Waals surface area contributed by atoms with Crippen molar-refractivity contribution in [2.75, 3.05) is 62.2 Å². The number of halogens is 2. The van der Waals surface area contributed by atoms with Crippen molar-refractivity contribution in [2.45, 2.75) is 57.0 Å². The van der Waals surface area contributed by atoms with Crippen LogP contribution in [-0.4, -0.2) is 91.1 Å². The van der Waals surface area contributed by atoms with Crippen LogP contribution in [0.4, 0.5) is 20.2 Å². The third-order valence-electron chi connectivity index (χ3n) is 12.7. The molecule has 296 valence electrons. The molecule has 3 atom stereocenters. The average molecular weight is 776 g/mol. The number of nitrogens with one attached hydrogen (secondary N) is 1. The van der Waals surface area contributed by atoms with Gasteiger partial charge >= 0.3 is 0 Å². The summed E-state index contributed by atoms with van der Waals surface area (Å²) in [6, 6.07) is 21.4. The number of carbonyl (C=O) groups excluding carboxylic acids is 3. The molecule has 5 aliphatic rings. The molecular formula is C45H47F2N5O5. The molecule has 5 heterocycles. The lowest BCUT2D eigenvalue weighted by atomic mass is 9.75. The molecule has 12 heteroatoms. The van der Waals surface area contributed by atoms with Crippen molar-refractivity contribution in [3.8, 4) is 11.5 Å². The number of benzene rings is 4. The Morgan fingerprint density at radius 3 is 2.33 bits per heavy atom. The summed E-state index contributed by atoms with van der Waals surface area (Å²) in [6.45, 7) is 8.25. The SMILES string of the molecule is Cc1cccc(C2COc3cc(O)ccc3C2c2cc(F)c(N3CCC(CN4CCN(c5ccc6c(c5)CN([C@H]5CCC(=O)NC5=O)C6=O)CC4)CC3)c(F)c2)c1. The minimum atomic E-state index is -0.628. The number of amides is 3. The van der Waals surface area contributed by atoms with Crippen molar-refractivity contribution in [2.24, 2.45) is 5.92 Å². The first-order valence-corrected chi connectivity index (χ1v) is 20.1. The molecule has 4 aromatic carbocycles. The third-order valence-corrected chi connectivity index (χ3v) is 12.7. The predicted molar refractivity (Wildman–Crippen MR) is 212 cm³/mol. The zero-order valence-electron chi connectivity index (χ0n) is 32.1. The second-order valence-corrected chi connectivity index (χ2v) is 16.3. The molecule has 0 radical (unpaired) electrons. The fourth-order valence-corrected chi connectivity index (χ4v) is 9.72. The third kappa shape index (κ3) is 7.20. The van der Waals surface area contributed by atoms with Gasteiger partial charge in [-0.2, -0.15) is 0 Å². The summed E-state index contributed by atoms with van der Waals surface area (Å²) in [5.41, 5.74) is 6.08. The number of aryl methyl sites for hydroxylation is 1. The van der Waals surface area contributed by atoms with Crippen LogP contribution in [0.2, 0.25) is 0 Å². The minimum absolute atomic E-state index is 0.0344. The second-order valence-electron chi connectivity index (χ2n) is 16.3. The Morgan fingerprint density at radius 1 is 0.825 bits per heavy atom. The summed E-state index contributed by atoms with van der Waals surface area (Å²) in [7, 11) is 0. The van der Waals surface area contributed by atoms with Crippen molar-refractivity contribution in [1.82, 2.24) is 15.1 Å². The van der Waals surface area contributed by atoms with Gasteiger partial charge in [-0.15, -0.1) is 0 Å². The number of phenolic OH excluding ortho intramolecular Hbond substituents is 1. The largest absolute Gasteiger partial charge is 0.508 e. The number of ether oxygens (including phenoxy) is 1. The number of anilines is 2. The Kier molecular flexibility index (Phi) is 9.84. The van der Waals surface area contributed by atoms with E-state index in [2.05, 4.69) is 27.2 Å². The summed E-state index contributed by atoms with van der Waals surface area (Å²) < 4.78 is 38.4. The van der Waals surface area contributed by atoms with E-state index in [1.165, 1.54) is 12.1 Å². The normalized spacial score (nSPS) is 23.0. The fourth-order valence-electron chi connectivity index (χ4n) is 9.72. The Balaban J connectivity index is 0.814. The molecule has 3 fully saturated rings. The van der Waals surface area contributed by atoms with Crippen LogP contribution in [-0.2, 0) is 16.1 Å². The van der Waals surface area contributed by atoms with Crippen LogP contribution < -0.4 is 19.9 Å². The molecule has 10 nitrogen and oxygen atoms in total. The van der Waals surface area contributed by atoms with Crippen LogP contribution in [0.15, 0.2) is 72.8 Å². The van der Waals surface area contributed by atoms with Gasteiger partial charge in [0.15, 0.2) is 0 Å². The standard InChI is InChI=1S/C45H47F2N5O5/c1-27-3-2-4-29(19-27)36-26-57-40-23-33(53)6-8-35(40)42(36)30-21-37(46)43(38(47)22-30)51-13-11-28(12-14-51)24-49-15-17-50(18-16-49)32-5-7-34-31(20-32)25-52(45(34)56)39-9-10-41(54)48-44(39)55/h2-8,19-23,28,36,39,42,53H,9-18,24-26H2,1H3,(H,48,54,55)/t36?,39-,42?/m0/s1. The molecule has 3 saturated heterocycles. The molecule has 2 unspecified atom stereocenters. The summed E-state index contributed by atoms with van der Waals surface area (Å²) in [5.74, 6) is -1.49. The Morgan fingerprint density at radius 2 is 1.60 bits per heavy atom. The van der Waals surface area contributed by atoms with Gasteiger partial charge in [-0.1, -0.05) is 35.9 Å². The van der Waals surface area contributed by atoms with Gasteiger partial charge in [0.05, 0.1) is 6.61 Å². The fraction of sp³-hybridized carbons (Fsp3) is 0.400. The maximum atomic E-state index is 16.1. The van der Waals surface area contributed by atoms with Gasteiger partial charge in [0.25, 0.3) is 5.91 Å². The zero-order chi connectivity index (χ0) is 39.4. The van der Waals surface area contributed by atoms with Gasteiger partial charge in [-0.25, -0.2) is 8.78 Å². The van der Waals surface area contributed by atoms with Crippen molar-refractivity contribution in [3.05, 3.63) is 118 Å². The van der Waals surface area contributed by atoms with Crippen molar-refractivity contribution >= 4 is 29.1 Å². The van der Waals surface area contributed by atoms with E-state index in [0.717, 1.165) is 73.5 Å². The van der Waals surface area contributed by atoms with E-state index in [9.17, 15) is 19.5 Å². The maximum Gasteiger partial charge on any atom is 0.255 e. The van der Waals surface area contributed by atoms with Crippen LogP contribution in [0.3, 0.4) is 0 Å². The van der Waals surface area contributed by atoms with E-state index in [1.807, 2.05) is 42.2 Å². The number of piperazine rings is 1. The average Bonchev–Trinajstić information content (AvgIpc) is 3.52. The minimum Gasteiger partial charge on any atom is -0.508 e. The quantitative estimate of drug-likeness (QED) is 0.218. The van der Waals surface area contributed by atoms with E-state index in [-0.39, 0.29) is 41.5 Å². The molecule has 57 heavy (non-hydrogen) atoms. The van der Waals surface area contributed by atoms with Crippen molar-refractivity contribution in [1.29, 1.82) is 0 Å². The molecule has 9 rings (SSSR count). The Hall–Kier alpha value is -5.49. The molecular weight excluding hydrogens is 729 g/mol. The van der Waals surface area contributed by atoms with E-state index in [4.69, 9.17) is 4.74 Å². The second kappa shape index (κ2) is 15.1. The van der Waals surface area contributed by atoms with E-state index < -0.39 is 23.6 Å². The van der Waals surface area contributed by atoms with Gasteiger partial charge in [-0.05, 0) is 85.2 Å². The highest BCUT2D eigenvalue weighted by atomic mass is 19.1. The summed E-state index contributed by atoms with van der Waals surface area (Å²) in [4.78, 5) is 45.5. The van der Waals surface area contributed by atoms with Gasteiger partial charge < -0.3 is 24.5 Å². The highest BCUT2D eigenvalue weighted by Crippen LogP contribution is 2.48. The number of hydrogen-bond acceptors (Lipinski definition) is 8. The number of hydrogen-bond donors (Lipinski definition) is 2. The van der Waals surface area contributed by atoms with E-state index in [0.29, 0.717) is 55.5 Å². The number of rotatable bonds is 7. The molecule has 0 spiro atoms. The number of imide groups is 1. The number of phenols is 1. The molecule has 0 saturated carbocycles. The van der Waals surface area contributed by atoms with Crippen LogP contribution in [0, 0.1) is 24.5 Å². The van der Waals surface area contributed by atoms with Crippen molar-refractivity contribution in [3.63, 3.8) is 0 Å². The monoisotopic (exact) mass is 775 g/mol. The van der Waals surface area contributed by atoms with Crippen LogP contribution in [0.25, 0.3) is 0 Å². The summed E-state index contributed by atoms with van der Waals surface area (Å²) in [6.07, 6.45) is 2.26. The number of nitrogens with zero attached hydrogens (tertiary/aromatic N) is 4. The van der Waals surface area contributed by atoms with Crippen LogP contribution >= 0.6 is 0 Å². The molecule has 3 amide bonds. The Labute approximate surface area is 331 Å². The lowest BCUT2D eigenvalue weighted by Gasteiger charge is -2.40. The smallest absolute Gasteiger partial charge is 0.255 e. The van der Waals surface area contributed by atoms with Gasteiger partial charge in [0.2, 0.25) is 11.8 Å². The molecule has 0 aliphatic carbocycles.